The molecular formula is C22H29NO3. The number of carbonyl (C=O) groups excluding carboxylic acids is 1. The van der Waals surface area contributed by atoms with Crippen molar-refractivity contribution in [2.45, 2.75) is 59.8 Å². The lowest BCUT2D eigenvalue weighted by Gasteiger charge is -2.18. The minimum atomic E-state index is -0.499. The number of carbonyl (C=O) groups is 1. The Labute approximate surface area is 156 Å². The molecule has 26 heavy (non-hydrogen) atoms. The molecule has 0 saturated heterocycles. The highest BCUT2D eigenvalue weighted by molar-refractivity contribution is 5.81. The van der Waals surface area contributed by atoms with E-state index in [4.69, 9.17) is 9.47 Å². The molecule has 1 amide bonds. The molecule has 0 unspecified atom stereocenters. The van der Waals surface area contributed by atoms with Crippen molar-refractivity contribution >= 4 is 5.91 Å². The van der Waals surface area contributed by atoms with Crippen molar-refractivity contribution in [1.82, 2.24) is 5.32 Å². The second kappa shape index (κ2) is 9.27. The number of hydrogen-bond donors (Lipinski definition) is 1. The van der Waals surface area contributed by atoms with E-state index >= 15 is 0 Å². The Morgan fingerprint density at radius 1 is 0.962 bits per heavy atom. The summed E-state index contributed by atoms with van der Waals surface area (Å²) in [5.74, 6) is 1.46. The predicted molar refractivity (Wildman–Crippen MR) is 105 cm³/mol. The number of rotatable bonds is 8. The Kier molecular flexibility index (Phi) is 7.07. The van der Waals surface area contributed by atoms with Crippen LogP contribution in [-0.2, 0) is 11.3 Å². The highest BCUT2D eigenvalue weighted by Crippen LogP contribution is 2.19. The lowest BCUT2D eigenvalue weighted by molar-refractivity contribution is -0.128. The summed E-state index contributed by atoms with van der Waals surface area (Å²) in [6, 6.07) is 13.7. The third-order valence-corrected chi connectivity index (χ3v) is 4.18. The fourth-order valence-electron chi connectivity index (χ4n) is 2.53. The van der Waals surface area contributed by atoms with Crippen LogP contribution < -0.4 is 14.8 Å². The van der Waals surface area contributed by atoms with Gasteiger partial charge in [0.1, 0.15) is 11.5 Å². The molecule has 4 heteroatoms. The molecule has 0 aliphatic heterocycles. The van der Waals surface area contributed by atoms with Crippen LogP contribution in [0.3, 0.4) is 0 Å². The summed E-state index contributed by atoms with van der Waals surface area (Å²) in [6.07, 6.45) is 0.258. The number of nitrogens with one attached hydrogen (secondary N) is 1. The van der Waals surface area contributed by atoms with E-state index < -0.39 is 6.10 Å². The summed E-state index contributed by atoms with van der Waals surface area (Å²) >= 11 is 0. The molecule has 0 bridgehead atoms. The molecule has 1 N–H and O–H groups in total. The molecule has 1 atom stereocenters. The molecule has 140 valence electrons. The number of benzene rings is 2. The van der Waals surface area contributed by atoms with Gasteiger partial charge in [-0.25, -0.2) is 0 Å². The Morgan fingerprint density at radius 3 is 2.19 bits per heavy atom. The number of aryl methyl sites for hydroxylation is 2. The lowest BCUT2D eigenvalue weighted by atomic mass is 10.1. The first-order valence-corrected chi connectivity index (χ1v) is 9.16. The average Bonchev–Trinajstić information content (AvgIpc) is 2.61. The van der Waals surface area contributed by atoms with E-state index in [1.54, 1.807) is 0 Å². The smallest absolute Gasteiger partial charge is 0.261 e. The van der Waals surface area contributed by atoms with Gasteiger partial charge < -0.3 is 14.8 Å². The minimum Gasteiger partial charge on any atom is -0.491 e. The third-order valence-electron chi connectivity index (χ3n) is 4.18. The Hall–Kier alpha value is -2.49. The van der Waals surface area contributed by atoms with E-state index in [0.717, 1.165) is 22.6 Å². The maximum absolute atomic E-state index is 12.5. The van der Waals surface area contributed by atoms with Gasteiger partial charge in [-0.15, -0.1) is 0 Å². The second-order valence-electron chi connectivity index (χ2n) is 6.79. The van der Waals surface area contributed by atoms with Gasteiger partial charge >= 0.3 is 0 Å². The fraction of sp³-hybridized carbons (Fsp3) is 0.409. The third kappa shape index (κ3) is 5.80. The van der Waals surface area contributed by atoms with Crippen LogP contribution in [0, 0.1) is 13.8 Å². The topological polar surface area (TPSA) is 47.6 Å². The largest absolute Gasteiger partial charge is 0.491 e. The van der Waals surface area contributed by atoms with E-state index in [2.05, 4.69) is 12.2 Å². The first-order chi connectivity index (χ1) is 12.4. The first-order valence-electron chi connectivity index (χ1n) is 9.16. The molecule has 0 aliphatic carbocycles. The predicted octanol–water partition coefficient (Wildman–Crippen LogP) is 4.56. The molecule has 0 aliphatic rings. The van der Waals surface area contributed by atoms with Crippen LogP contribution in [0.25, 0.3) is 0 Å². The van der Waals surface area contributed by atoms with Gasteiger partial charge in [0.15, 0.2) is 6.10 Å². The molecule has 2 rings (SSSR count). The highest BCUT2D eigenvalue weighted by atomic mass is 16.5. The minimum absolute atomic E-state index is 0.103. The summed E-state index contributed by atoms with van der Waals surface area (Å²) in [6.45, 7) is 10.5. The van der Waals surface area contributed by atoms with Gasteiger partial charge in [-0.2, -0.15) is 0 Å². The van der Waals surface area contributed by atoms with E-state index in [-0.39, 0.29) is 12.0 Å². The molecule has 4 nitrogen and oxygen atoms in total. The molecule has 0 fully saturated rings. The van der Waals surface area contributed by atoms with E-state index in [0.29, 0.717) is 13.0 Å². The van der Waals surface area contributed by atoms with Crippen LogP contribution in [0.1, 0.15) is 43.9 Å². The molecule has 0 spiro atoms. The quantitative estimate of drug-likeness (QED) is 0.755. The lowest BCUT2D eigenvalue weighted by Crippen LogP contribution is -2.37. The SMILES string of the molecule is CC[C@@H](Oc1ccc(C)c(C)c1)C(=O)NCc1ccc(OC(C)C)cc1. The molecule has 0 heterocycles. The normalized spacial score (nSPS) is 11.9. The molecule has 0 aromatic heterocycles. The first kappa shape index (κ1) is 19.8. The van der Waals surface area contributed by atoms with Crippen LogP contribution in [-0.4, -0.2) is 18.1 Å². The van der Waals surface area contributed by atoms with Gasteiger partial charge in [0.2, 0.25) is 0 Å². The van der Waals surface area contributed by atoms with Crippen molar-refractivity contribution in [2.24, 2.45) is 0 Å². The molecule has 2 aromatic carbocycles. The zero-order valence-corrected chi connectivity index (χ0v) is 16.3. The molecule has 0 radical (unpaired) electrons. The van der Waals surface area contributed by atoms with Gasteiger partial charge in [-0.05, 0) is 75.1 Å². The monoisotopic (exact) mass is 355 g/mol. The zero-order chi connectivity index (χ0) is 19.1. The van der Waals surface area contributed by atoms with E-state index in [9.17, 15) is 4.79 Å². The van der Waals surface area contributed by atoms with E-state index in [1.165, 1.54) is 5.56 Å². The fourth-order valence-corrected chi connectivity index (χ4v) is 2.53. The maximum atomic E-state index is 12.5. The summed E-state index contributed by atoms with van der Waals surface area (Å²) < 4.78 is 11.5. The highest BCUT2D eigenvalue weighted by Gasteiger charge is 2.18. The molecule has 2 aromatic rings. The van der Waals surface area contributed by atoms with Crippen LogP contribution >= 0.6 is 0 Å². The summed E-state index contributed by atoms with van der Waals surface area (Å²) in [5, 5.41) is 2.95. The number of hydrogen-bond acceptors (Lipinski definition) is 3. The van der Waals surface area contributed by atoms with Crippen LogP contribution in [0.5, 0.6) is 11.5 Å². The maximum Gasteiger partial charge on any atom is 0.261 e. The molecular weight excluding hydrogens is 326 g/mol. The van der Waals surface area contributed by atoms with Crippen LogP contribution in [0.4, 0.5) is 0 Å². The van der Waals surface area contributed by atoms with Crippen molar-refractivity contribution in [3.63, 3.8) is 0 Å². The van der Waals surface area contributed by atoms with Crippen molar-refractivity contribution in [2.75, 3.05) is 0 Å². The Morgan fingerprint density at radius 2 is 1.62 bits per heavy atom. The van der Waals surface area contributed by atoms with Gasteiger partial charge in [-0.3, -0.25) is 4.79 Å². The molecule has 0 saturated carbocycles. The van der Waals surface area contributed by atoms with Crippen LogP contribution in [0.2, 0.25) is 0 Å². The van der Waals surface area contributed by atoms with E-state index in [1.807, 2.05) is 70.2 Å². The van der Waals surface area contributed by atoms with Crippen molar-refractivity contribution < 1.29 is 14.3 Å². The van der Waals surface area contributed by atoms with Crippen molar-refractivity contribution in [3.8, 4) is 11.5 Å². The Bertz CT molecular complexity index is 723. The number of ether oxygens (including phenoxy) is 2. The summed E-state index contributed by atoms with van der Waals surface area (Å²) in [7, 11) is 0. The zero-order valence-electron chi connectivity index (χ0n) is 16.3. The van der Waals surface area contributed by atoms with Gasteiger partial charge in [0.25, 0.3) is 5.91 Å². The summed E-state index contributed by atoms with van der Waals surface area (Å²) in [5.41, 5.74) is 3.39. The van der Waals surface area contributed by atoms with Crippen molar-refractivity contribution in [3.05, 3.63) is 59.2 Å². The standard InChI is InChI=1S/C22H29NO3/c1-6-21(26-20-10-7-16(4)17(5)13-20)22(24)23-14-18-8-11-19(12-9-18)25-15(2)3/h7-13,15,21H,6,14H2,1-5H3,(H,23,24)/t21-/m1/s1. The van der Waals surface area contributed by atoms with Gasteiger partial charge in [0, 0.05) is 6.54 Å². The van der Waals surface area contributed by atoms with Crippen LogP contribution in [0.15, 0.2) is 42.5 Å². The number of amides is 1. The average molecular weight is 355 g/mol. The van der Waals surface area contributed by atoms with Gasteiger partial charge in [-0.1, -0.05) is 25.1 Å². The second-order valence-corrected chi connectivity index (χ2v) is 6.79. The summed E-state index contributed by atoms with van der Waals surface area (Å²) in [4.78, 5) is 12.5. The Balaban J connectivity index is 1.91. The van der Waals surface area contributed by atoms with Crippen molar-refractivity contribution in [1.29, 1.82) is 0 Å². The van der Waals surface area contributed by atoms with Gasteiger partial charge in [0.05, 0.1) is 6.10 Å².